The topological polar surface area (TPSA) is 12.4 Å². The first-order valence-electron chi connectivity index (χ1n) is 2.87. The van der Waals surface area contributed by atoms with Crippen molar-refractivity contribution in [1.29, 1.82) is 0 Å². The summed E-state index contributed by atoms with van der Waals surface area (Å²) in [6.45, 7) is 4.00. The summed E-state index contributed by atoms with van der Waals surface area (Å²) in [5.41, 5.74) is 1.26. The highest BCUT2D eigenvalue weighted by Gasteiger charge is 1.92. The summed E-state index contributed by atoms with van der Waals surface area (Å²) in [7, 11) is 0. The molecule has 0 aliphatic heterocycles. The van der Waals surface area contributed by atoms with Crippen molar-refractivity contribution in [3.63, 3.8) is 0 Å². The third-order valence-electron chi connectivity index (χ3n) is 1.08. The monoisotopic (exact) mass is 139 g/mol. The molecule has 1 nitrogen and oxygen atoms in total. The van der Waals surface area contributed by atoms with Crippen molar-refractivity contribution < 1.29 is 0 Å². The van der Waals surface area contributed by atoms with E-state index < -0.39 is 0 Å². The normalized spacial score (nSPS) is 10.9. The highest BCUT2D eigenvalue weighted by atomic mass is 32.1. The number of thiophene rings is 1. The molecular formula is C7H9NS. The van der Waals surface area contributed by atoms with Crippen molar-refractivity contribution in [3.05, 3.63) is 17.0 Å². The minimum Gasteiger partial charge on any atom is -0.250 e. The molecule has 1 aromatic heterocycles. The molecule has 1 aromatic rings. The molecule has 0 amide bonds. The standard InChI is InChI=1S/C7H9NS/c1-3-8-7-6(2)4-5-9-7/h3-5H,1-2H3. The Balaban J connectivity index is 2.94. The van der Waals surface area contributed by atoms with E-state index in [-0.39, 0.29) is 0 Å². The van der Waals surface area contributed by atoms with E-state index in [2.05, 4.69) is 23.4 Å². The quantitative estimate of drug-likeness (QED) is 0.530. The molecule has 0 bridgehead atoms. The Labute approximate surface area is 59.1 Å². The second-order valence-electron chi connectivity index (χ2n) is 1.80. The predicted octanol–water partition coefficient (Wildman–Crippen LogP) is 2.78. The molecule has 0 saturated carbocycles. The second-order valence-corrected chi connectivity index (χ2v) is 2.69. The fourth-order valence-electron chi connectivity index (χ4n) is 0.614. The molecule has 0 fully saturated rings. The fourth-order valence-corrected chi connectivity index (χ4v) is 1.44. The molecule has 0 unspecified atom stereocenters. The van der Waals surface area contributed by atoms with Gasteiger partial charge in [0.15, 0.2) is 0 Å². The van der Waals surface area contributed by atoms with Gasteiger partial charge >= 0.3 is 0 Å². The van der Waals surface area contributed by atoms with Crippen LogP contribution in [0.25, 0.3) is 0 Å². The van der Waals surface area contributed by atoms with E-state index in [4.69, 9.17) is 0 Å². The average Bonchev–Trinajstić information content (AvgIpc) is 2.18. The zero-order valence-corrected chi connectivity index (χ0v) is 6.40. The second kappa shape index (κ2) is 2.78. The Morgan fingerprint density at radius 3 is 2.89 bits per heavy atom. The van der Waals surface area contributed by atoms with Gasteiger partial charge in [-0.05, 0) is 30.9 Å². The van der Waals surface area contributed by atoms with Crippen LogP contribution in [0.5, 0.6) is 0 Å². The van der Waals surface area contributed by atoms with Gasteiger partial charge in [0.1, 0.15) is 5.00 Å². The maximum Gasteiger partial charge on any atom is 0.118 e. The van der Waals surface area contributed by atoms with Crippen molar-refractivity contribution in [1.82, 2.24) is 0 Å². The van der Waals surface area contributed by atoms with Crippen LogP contribution in [-0.2, 0) is 0 Å². The van der Waals surface area contributed by atoms with Crippen LogP contribution in [0.1, 0.15) is 12.5 Å². The van der Waals surface area contributed by atoms with Gasteiger partial charge in [0.2, 0.25) is 0 Å². The lowest BCUT2D eigenvalue weighted by Gasteiger charge is -1.84. The highest BCUT2D eigenvalue weighted by Crippen LogP contribution is 2.24. The summed E-state index contributed by atoms with van der Waals surface area (Å²) in [6, 6.07) is 2.08. The van der Waals surface area contributed by atoms with Crippen molar-refractivity contribution in [2.75, 3.05) is 0 Å². The molecule has 0 aromatic carbocycles. The van der Waals surface area contributed by atoms with Crippen LogP contribution >= 0.6 is 11.3 Å². The lowest BCUT2D eigenvalue weighted by Crippen LogP contribution is -1.60. The molecule has 0 aliphatic carbocycles. The first-order chi connectivity index (χ1) is 4.34. The maximum absolute atomic E-state index is 4.16. The van der Waals surface area contributed by atoms with Crippen molar-refractivity contribution in [2.24, 2.45) is 4.99 Å². The highest BCUT2D eigenvalue weighted by molar-refractivity contribution is 7.14. The van der Waals surface area contributed by atoms with Crippen LogP contribution in [0.15, 0.2) is 16.4 Å². The van der Waals surface area contributed by atoms with Crippen molar-refractivity contribution >= 4 is 22.6 Å². The number of aliphatic imine (C=N–C) groups is 1. The van der Waals surface area contributed by atoms with Crippen LogP contribution in [-0.4, -0.2) is 6.21 Å². The summed E-state index contributed by atoms with van der Waals surface area (Å²) < 4.78 is 0. The SMILES string of the molecule is CC=Nc1sccc1C. The summed E-state index contributed by atoms with van der Waals surface area (Å²) in [6.07, 6.45) is 1.82. The summed E-state index contributed by atoms with van der Waals surface area (Å²) >= 11 is 1.68. The maximum atomic E-state index is 4.16. The van der Waals surface area contributed by atoms with Crippen LogP contribution in [0.2, 0.25) is 0 Å². The number of rotatable bonds is 1. The zero-order chi connectivity index (χ0) is 6.69. The summed E-state index contributed by atoms with van der Waals surface area (Å²) in [5, 5.41) is 3.18. The van der Waals surface area contributed by atoms with Gasteiger partial charge in [-0.1, -0.05) is 0 Å². The lowest BCUT2D eigenvalue weighted by atomic mass is 10.4. The number of nitrogens with zero attached hydrogens (tertiary/aromatic N) is 1. The van der Waals surface area contributed by atoms with E-state index in [9.17, 15) is 0 Å². The van der Waals surface area contributed by atoms with E-state index >= 15 is 0 Å². The molecule has 0 N–H and O–H groups in total. The van der Waals surface area contributed by atoms with Gasteiger partial charge in [0.25, 0.3) is 0 Å². The molecule has 0 radical (unpaired) electrons. The Kier molecular flexibility index (Phi) is 2.01. The third kappa shape index (κ3) is 1.39. The Morgan fingerprint density at radius 2 is 2.44 bits per heavy atom. The van der Waals surface area contributed by atoms with Crippen molar-refractivity contribution in [2.45, 2.75) is 13.8 Å². The Hall–Kier alpha value is -0.630. The number of aryl methyl sites for hydroxylation is 1. The molecule has 0 aliphatic rings. The zero-order valence-electron chi connectivity index (χ0n) is 5.59. The Bertz CT molecular complexity index is 212. The fraction of sp³-hybridized carbons (Fsp3) is 0.286. The van der Waals surface area contributed by atoms with Gasteiger partial charge in [-0.15, -0.1) is 11.3 Å². The van der Waals surface area contributed by atoms with Gasteiger partial charge in [-0.3, -0.25) is 4.99 Å². The van der Waals surface area contributed by atoms with Crippen LogP contribution < -0.4 is 0 Å². The van der Waals surface area contributed by atoms with Gasteiger partial charge < -0.3 is 0 Å². The van der Waals surface area contributed by atoms with E-state index in [1.54, 1.807) is 11.3 Å². The van der Waals surface area contributed by atoms with Gasteiger partial charge in [-0.25, -0.2) is 0 Å². The smallest absolute Gasteiger partial charge is 0.118 e. The first-order valence-corrected chi connectivity index (χ1v) is 3.75. The molecule has 0 saturated heterocycles. The van der Waals surface area contributed by atoms with Gasteiger partial charge in [-0.2, -0.15) is 0 Å². The van der Waals surface area contributed by atoms with Gasteiger partial charge in [0.05, 0.1) is 0 Å². The lowest BCUT2D eigenvalue weighted by molar-refractivity contribution is 1.48. The van der Waals surface area contributed by atoms with Crippen LogP contribution in [0.3, 0.4) is 0 Å². The van der Waals surface area contributed by atoms with E-state index in [1.807, 2.05) is 13.1 Å². The number of hydrogen-bond donors (Lipinski definition) is 0. The molecule has 9 heavy (non-hydrogen) atoms. The van der Waals surface area contributed by atoms with E-state index in [0.717, 1.165) is 5.00 Å². The molecule has 48 valence electrons. The molecule has 1 rings (SSSR count). The third-order valence-corrected chi connectivity index (χ3v) is 2.00. The number of hydrogen-bond acceptors (Lipinski definition) is 2. The first kappa shape index (κ1) is 6.49. The predicted molar refractivity (Wildman–Crippen MR) is 42.9 cm³/mol. The van der Waals surface area contributed by atoms with E-state index in [1.165, 1.54) is 5.56 Å². The minimum absolute atomic E-state index is 1.12. The van der Waals surface area contributed by atoms with Crippen LogP contribution in [0.4, 0.5) is 5.00 Å². The van der Waals surface area contributed by atoms with Gasteiger partial charge in [0, 0.05) is 6.21 Å². The minimum atomic E-state index is 1.12. The molecule has 1 heterocycles. The summed E-state index contributed by atoms with van der Waals surface area (Å²) in [5.74, 6) is 0. The van der Waals surface area contributed by atoms with Crippen LogP contribution in [0, 0.1) is 6.92 Å². The molecule has 0 atom stereocenters. The van der Waals surface area contributed by atoms with E-state index in [0.29, 0.717) is 0 Å². The molecule has 0 spiro atoms. The molecule has 2 heteroatoms. The average molecular weight is 139 g/mol. The van der Waals surface area contributed by atoms with Crippen molar-refractivity contribution in [3.8, 4) is 0 Å². The summed E-state index contributed by atoms with van der Waals surface area (Å²) in [4.78, 5) is 4.16. The largest absolute Gasteiger partial charge is 0.250 e. The molecular weight excluding hydrogens is 130 g/mol. The Morgan fingerprint density at radius 1 is 1.67 bits per heavy atom.